The number of ether oxygens (including phenoxy) is 2. The zero-order chi connectivity index (χ0) is 43.0. The van der Waals surface area contributed by atoms with Gasteiger partial charge in [0.2, 0.25) is 23.6 Å². The first-order valence-electron chi connectivity index (χ1n) is 19.7. The number of amides is 6. The van der Waals surface area contributed by atoms with E-state index in [1.165, 1.54) is 43.8 Å². The number of aromatic nitrogens is 2. The molecule has 0 radical (unpaired) electrons. The van der Waals surface area contributed by atoms with Crippen LogP contribution in [0.3, 0.4) is 0 Å². The molecule has 2 saturated heterocycles. The highest BCUT2D eigenvalue weighted by molar-refractivity contribution is 6.31. The largest absolute Gasteiger partial charge is 0.494 e. The Balaban J connectivity index is 0.801. The van der Waals surface area contributed by atoms with Gasteiger partial charge in [-0.15, -0.1) is 0 Å². The third kappa shape index (κ3) is 10.1. The number of hydrogen-bond acceptors (Lipinski definition) is 13. The summed E-state index contributed by atoms with van der Waals surface area (Å²) >= 11 is 5.95. The standard InChI is InChI=1S/C42H43ClFN9O8/c1-60-34-22-31-27(39(47-23-46-31)49-25-7-8-29(44)28(43)20-25)21-32(34)50-35(54)6-3-15-52-16-11-24(12-17-52)48-37(56)13-18-61-19-14-45-30-5-2-4-26-38(30)42(59)53(41(26)58)33-9-10-36(55)51-40(33)57/h2-8,20-24,33,45H,9-19H2,1H3,(H,48,56)(H,50,54)(H,46,47,49)(H,51,55,57)/b6-3+. The molecule has 1 atom stereocenters. The number of fused-ring (bicyclic) bond motifs is 2. The molecular formula is C42H43ClFN9O8. The van der Waals surface area contributed by atoms with Crippen LogP contribution in [0.2, 0.25) is 5.02 Å². The summed E-state index contributed by atoms with van der Waals surface area (Å²) in [6, 6.07) is 11.4. The quantitative estimate of drug-likeness (QED) is 0.0609. The van der Waals surface area contributed by atoms with Crippen molar-refractivity contribution < 1.29 is 42.6 Å². The van der Waals surface area contributed by atoms with Gasteiger partial charge in [-0.3, -0.25) is 43.9 Å². The van der Waals surface area contributed by atoms with Crippen LogP contribution in [0, 0.1) is 5.82 Å². The molecule has 0 bridgehead atoms. The Bertz CT molecular complexity index is 2410. The predicted molar refractivity (Wildman–Crippen MR) is 223 cm³/mol. The number of rotatable bonds is 16. The van der Waals surface area contributed by atoms with Crippen molar-refractivity contribution >= 4 is 80.8 Å². The van der Waals surface area contributed by atoms with Gasteiger partial charge in [-0.25, -0.2) is 14.4 Å². The van der Waals surface area contributed by atoms with E-state index in [9.17, 15) is 33.2 Å². The minimum Gasteiger partial charge on any atom is -0.494 e. The Morgan fingerprint density at radius 3 is 2.59 bits per heavy atom. The highest BCUT2D eigenvalue weighted by Crippen LogP contribution is 2.34. The van der Waals surface area contributed by atoms with Gasteiger partial charge in [0.05, 0.1) is 47.7 Å². The van der Waals surface area contributed by atoms with E-state index in [4.69, 9.17) is 21.1 Å². The molecule has 318 valence electrons. The first-order valence-corrected chi connectivity index (χ1v) is 20.1. The van der Waals surface area contributed by atoms with E-state index in [0.29, 0.717) is 52.6 Å². The number of carbonyl (C=O) groups excluding carboxylic acids is 6. The molecule has 3 aromatic carbocycles. The van der Waals surface area contributed by atoms with Gasteiger partial charge in [0.25, 0.3) is 11.8 Å². The highest BCUT2D eigenvalue weighted by Gasteiger charge is 2.45. The van der Waals surface area contributed by atoms with Crippen LogP contribution in [-0.4, -0.2) is 114 Å². The Morgan fingerprint density at radius 1 is 1.00 bits per heavy atom. The van der Waals surface area contributed by atoms with Crippen LogP contribution in [0.25, 0.3) is 10.9 Å². The zero-order valence-corrected chi connectivity index (χ0v) is 33.9. The molecule has 19 heteroatoms. The SMILES string of the molecule is COc1cc2ncnc(Nc3ccc(F)c(Cl)c3)c2cc1NC(=O)/C=C/CN1CCC(NC(=O)CCOCCNc2cccc3c2C(=O)N(C2CCC(=O)NC2=O)C3=O)CC1. The maximum absolute atomic E-state index is 13.7. The molecule has 2 fully saturated rings. The molecule has 4 heterocycles. The molecule has 4 aromatic rings. The molecule has 0 aliphatic carbocycles. The number of imide groups is 2. The topological polar surface area (TPSA) is 213 Å². The normalized spacial score (nSPS) is 17.1. The van der Waals surface area contributed by atoms with Gasteiger partial charge in [-0.1, -0.05) is 23.7 Å². The highest BCUT2D eigenvalue weighted by atomic mass is 35.5. The van der Waals surface area contributed by atoms with Crippen molar-refractivity contribution in [2.24, 2.45) is 0 Å². The predicted octanol–water partition coefficient (Wildman–Crippen LogP) is 4.17. The second-order valence-corrected chi connectivity index (χ2v) is 15.0. The van der Waals surface area contributed by atoms with Crippen molar-refractivity contribution in [2.45, 2.75) is 44.2 Å². The molecule has 7 rings (SSSR count). The minimum absolute atomic E-state index is 0.0154. The maximum Gasteiger partial charge on any atom is 0.264 e. The molecule has 3 aliphatic heterocycles. The maximum atomic E-state index is 13.7. The van der Waals surface area contributed by atoms with Gasteiger partial charge in [0.1, 0.15) is 29.8 Å². The number of piperidine rings is 2. The molecule has 0 saturated carbocycles. The van der Waals surface area contributed by atoms with E-state index in [1.54, 1.807) is 30.3 Å². The Kier molecular flexibility index (Phi) is 13.5. The second-order valence-electron chi connectivity index (χ2n) is 14.5. The number of benzene rings is 3. The lowest BCUT2D eigenvalue weighted by Crippen LogP contribution is -2.54. The van der Waals surface area contributed by atoms with Crippen LogP contribution < -0.4 is 31.3 Å². The van der Waals surface area contributed by atoms with Gasteiger partial charge in [0, 0.05) is 74.0 Å². The van der Waals surface area contributed by atoms with Crippen LogP contribution in [-0.2, 0) is 23.9 Å². The number of likely N-dealkylation sites (tertiary alicyclic amines) is 1. The lowest BCUT2D eigenvalue weighted by Gasteiger charge is -2.31. The summed E-state index contributed by atoms with van der Waals surface area (Å²) in [5.74, 6) is -2.48. The Hall–Kier alpha value is -6.50. The summed E-state index contributed by atoms with van der Waals surface area (Å²) in [6.07, 6.45) is 6.39. The number of anilines is 4. The van der Waals surface area contributed by atoms with Gasteiger partial charge >= 0.3 is 0 Å². The summed E-state index contributed by atoms with van der Waals surface area (Å²) in [6.45, 7) is 2.73. The molecule has 3 aliphatic rings. The molecule has 6 amide bonds. The van der Waals surface area contributed by atoms with Gasteiger partial charge in [0.15, 0.2) is 0 Å². The van der Waals surface area contributed by atoms with E-state index in [0.717, 1.165) is 30.8 Å². The number of carbonyl (C=O) groups is 6. The van der Waals surface area contributed by atoms with E-state index in [1.807, 2.05) is 0 Å². The van der Waals surface area contributed by atoms with E-state index in [-0.39, 0.29) is 66.5 Å². The van der Waals surface area contributed by atoms with Crippen molar-refractivity contribution in [3.63, 3.8) is 0 Å². The fourth-order valence-corrected chi connectivity index (χ4v) is 7.57. The van der Waals surface area contributed by atoms with Crippen molar-refractivity contribution in [1.82, 2.24) is 30.4 Å². The molecule has 0 spiro atoms. The third-order valence-corrected chi connectivity index (χ3v) is 10.8. The van der Waals surface area contributed by atoms with Crippen LogP contribution >= 0.6 is 11.6 Å². The van der Waals surface area contributed by atoms with Gasteiger partial charge < -0.3 is 30.7 Å². The van der Waals surface area contributed by atoms with Crippen LogP contribution in [0.4, 0.5) is 27.3 Å². The summed E-state index contributed by atoms with van der Waals surface area (Å²) in [5, 5.41) is 14.9. The van der Waals surface area contributed by atoms with Gasteiger partial charge in [-0.2, -0.15) is 0 Å². The molecule has 61 heavy (non-hydrogen) atoms. The number of methoxy groups -OCH3 is 1. The molecule has 1 aromatic heterocycles. The van der Waals surface area contributed by atoms with Gasteiger partial charge in [-0.05, 0) is 55.7 Å². The minimum atomic E-state index is -1.05. The summed E-state index contributed by atoms with van der Waals surface area (Å²) in [4.78, 5) is 87.6. The van der Waals surface area contributed by atoms with E-state index in [2.05, 4.69) is 41.5 Å². The fraction of sp³-hybridized carbons (Fsp3) is 0.333. The third-order valence-electron chi connectivity index (χ3n) is 10.5. The molecule has 1 unspecified atom stereocenters. The fourth-order valence-electron chi connectivity index (χ4n) is 7.39. The zero-order valence-electron chi connectivity index (χ0n) is 33.1. The average molecular weight is 856 g/mol. The summed E-state index contributed by atoms with van der Waals surface area (Å²) in [7, 11) is 1.49. The lowest BCUT2D eigenvalue weighted by molar-refractivity contribution is -0.136. The van der Waals surface area contributed by atoms with Crippen LogP contribution in [0.1, 0.15) is 52.8 Å². The monoisotopic (exact) mass is 855 g/mol. The van der Waals surface area contributed by atoms with Crippen molar-refractivity contribution in [2.75, 3.05) is 62.5 Å². The summed E-state index contributed by atoms with van der Waals surface area (Å²) in [5.41, 5.74) is 2.26. The first kappa shape index (κ1) is 42.6. The van der Waals surface area contributed by atoms with Crippen molar-refractivity contribution in [3.8, 4) is 5.75 Å². The Labute approximate surface area is 354 Å². The van der Waals surface area contributed by atoms with E-state index < -0.39 is 35.5 Å². The second kappa shape index (κ2) is 19.3. The number of hydrogen-bond donors (Lipinski definition) is 5. The first-order chi connectivity index (χ1) is 29.5. The van der Waals surface area contributed by atoms with Crippen molar-refractivity contribution in [1.29, 1.82) is 0 Å². The number of halogens is 2. The average Bonchev–Trinajstić information content (AvgIpc) is 3.50. The molecule has 5 N–H and O–H groups in total. The Morgan fingerprint density at radius 2 is 1.82 bits per heavy atom. The summed E-state index contributed by atoms with van der Waals surface area (Å²) < 4.78 is 24.9. The molecular weight excluding hydrogens is 813 g/mol. The molecule has 17 nitrogen and oxygen atoms in total. The van der Waals surface area contributed by atoms with Crippen LogP contribution in [0.5, 0.6) is 5.75 Å². The number of nitrogens with zero attached hydrogens (tertiary/aromatic N) is 4. The van der Waals surface area contributed by atoms with Crippen LogP contribution in [0.15, 0.2) is 67.0 Å². The van der Waals surface area contributed by atoms with Crippen molar-refractivity contribution in [3.05, 3.63) is 89.0 Å². The smallest absolute Gasteiger partial charge is 0.264 e. The lowest BCUT2D eigenvalue weighted by atomic mass is 10.0. The number of nitrogens with one attached hydrogen (secondary N) is 5. The van der Waals surface area contributed by atoms with E-state index >= 15 is 0 Å².